The van der Waals surface area contributed by atoms with Gasteiger partial charge in [0.1, 0.15) is 5.75 Å². The molecule has 1 fully saturated rings. The monoisotopic (exact) mass is 266 g/mol. The van der Waals surface area contributed by atoms with E-state index in [9.17, 15) is 0 Å². The van der Waals surface area contributed by atoms with Crippen LogP contribution in [0.15, 0.2) is 24.3 Å². The number of ether oxygens (including phenoxy) is 1. The lowest BCUT2D eigenvalue weighted by Crippen LogP contribution is -2.46. The zero-order valence-corrected chi connectivity index (χ0v) is 12.0. The minimum absolute atomic E-state index is 0.0190. The number of thioether (sulfide) groups is 1. The summed E-state index contributed by atoms with van der Waals surface area (Å²) >= 11 is 1.99. The van der Waals surface area contributed by atoms with Gasteiger partial charge < -0.3 is 10.5 Å². The van der Waals surface area contributed by atoms with Crippen LogP contribution in [0.25, 0.3) is 0 Å². The van der Waals surface area contributed by atoms with Crippen LogP contribution >= 0.6 is 11.8 Å². The van der Waals surface area contributed by atoms with Gasteiger partial charge in [-0.05, 0) is 20.0 Å². The molecule has 0 saturated carbocycles. The Morgan fingerprint density at radius 3 is 3.00 bits per heavy atom. The smallest absolute Gasteiger partial charge is 0.124 e. The van der Waals surface area contributed by atoms with Crippen LogP contribution in [0.4, 0.5) is 0 Å². The standard InChI is InChI=1S/C14H22N2OS/c1-3-17-13-7-5-4-6-11(13)14(15)12-10-18-9-8-16(12)2/h4-7,12,14H,3,8-10,15H2,1-2H3. The van der Waals surface area contributed by atoms with E-state index >= 15 is 0 Å². The molecule has 4 heteroatoms. The van der Waals surface area contributed by atoms with Crippen molar-refractivity contribution < 1.29 is 4.74 Å². The Bertz CT molecular complexity index is 386. The molecule has 2 rings (SSSR count). The molecule has 1 aromatic rings. The van der Waals surface area contributed by atoms with Crippen molar-refractivity contribution in [1.82, 2.24) is 4.90 Å². The normalized spacial score (nSPS) is 22.7. The SMILES string of the molecule is CCOc1ccccc1C(N)C1CSCCN1C. The summed E-state index contributed by atoms with van der Waals surface area (Å²) in [6.45, 7) is 3.80. The molecule has 0 aliphatic carbocycles. The van der Waals surface area contributed by atoms with E-state index in [1.807, 2.05) is 36.9 Å². The van der Waals surface area contributed by atoms with Crippen molar-refractivity contribution in [3.05, 3.63) is 29.8 Å². The zero-order valence-electron chi connectivity index (χ0n) is 11.1. The maximum atomic E-state index is 6.46. The minimum Gasteiger partial charge on any atom is -0.494 e. The molecule has 1 saturated heterocycles. The van der Waals surface area contributed by atoms with E-state index in [2.05, 4.69) is 18.0 Å². The minimum atomic E-state index is 0.0190. The van der Waals surface area contributed by atoms with Crippen molar-refractivity contribution in [3.63, 3.8) is 0 Å². The predicted molar refractivity (Wildman–Crippen MR) is 78.3 cm³/mol. The Morgan fingerprint density at radius 1 is 1.50 bits per heavy atom. The zero-order chi connectivity index (χ0) is 13.0. The number of likely N-dealkylation sites (N-methyl/N-ethyl adjacent to an activating group) is 1. The van der Waals surface area contributed by atoms with Gasteiger partial charge in [-0.1, -0.05) is 18.2 Å². The molecule has 0 spiro atoms. The van der Waals surface area contributed by atoms with Crippen LogP contribution < -0.4 is 10.5 Å². The molecule has 0 aromatic heterocycles. The lowest BCUT2D eigenvalue weighted by atomic mass is 9.99. The molecule has 100 valence electrons. The Balaban J connectivity index is 2.19. The van der Waals surface area contributed by atoms with Crippen molar-refractivity contribution in [2.45, 2.75) is 19.0 Å². The highest BCUT2D eigenvalue weighted by molar-refractivity contribution is 7.99. The molecule has 0 radical (unpaired) electrons. The highest BCUT2D eigenvalue weighted by Crippen LogP contribution is 2.30. The average Bonchev–Trinajstić information content (AvgIpc) is 2.40. The number of nitrogens with two attached hydrogens (primary N) is 1. The Morgan fingerprint density at radius 2 is 2.28 bits per heavy atom. The summed E-state index contributed by atoms with van der Waals surface area (Å²) in [7, 11) is 2.16. The molecule has 18 heavy (non-hydrogen) atoms. The topological polar surface area (TPSA) is 38.5 Å². The summed E-state index contributed by atoms with van der Waals surface area (Å²) in [6.07, 6.45) is 0. The molecule has 2 atom stereocenters. The largest absolute Gasteiger partial charge is 0.494 e. The maximum Gasteiger partial charge on any atom is 0.124 e. The number of hydrogen-bond acceptors (Lipinski definition) is 4. The van der Waals surface area contributed by atoms with Crippen LogP contribution in [0.1, 0.15) is 18.5 Å². The first-order valence-electron chi connectivity index (χ1n) is 6.49. The maximum absolute atomic E-state index is 6.46. The van der Waals surface area contributed by atoms with Gasteiger partial charge in [-0.15, -0.1) is 0 Å². The summed E-state index contributed by atoms with van der Waals surface area (Å²) in [5.41, 5.74) is 7.58. The fourth-order valence-electron chi connectivity index (χ4n) is 2.33. The third kappa shape index (κ3) is 2.99. The summed E-state index contributed by atoms with van der Waals surface area (Å²) in [4.78, 5) is 2.36. The lowest BCUT2D eigenvalue weighted by molar-refractivity contribution is 0.233. The van der Waals surface area contributed by atoms with Gasteiger partial charge in [0.25, 0.3) is 0 Å². The predicted octanol–water partition coefficient (Wildman–Crippen LogP) is 2.13. The third-order valence-corrected chi connectivity index (χ3v) is 4.48. The van der Waals surface area contributed by atoms with Crippen LogP contribution in [-0.4, -0.2) is 42.6 Å². The van der Waals surface area contributed by atoms with E-state index in [1.54, 1.807) is 0 Å². The Labute approximate surface area is 114 Å². The molecule has 2 unspecified atom stereocenters. The van der Waals surface area contributed by atoms with E-state index in [0.717, 1.165) is 23.6 Å². The van der Waals surface area contributed by atoms with Crippen LogP contribution in [0.2, 0.25) is 0 Å². The molecule has 1 aliphatic heterocycles. The second-order valence-electron chi connectivity index (χ2n) is 4.62. The van der Waals surface area contributed by atoms with Gasteiger partial charge in [0.2, 0.25) is 0 Å². The molecular formula is C14H22N2OS. The Hall–Kier alpha value is -0.710. The summed E-state index contributed by atoms with van der Waals surface area (Å²) < 4.78 is 5.68. The number of para-hydroxylation sites is 1. The average molecular weight is 266 g/mol. The van der Waals surface area contributed by atoms with Gasteiger partial charge in [-0.2, -0.15) is 11.8 Å². The number of rotatable bonds is 4. The van der Waals surface area contributed by atoms with Crippen LogP contribution in [0, 0.1) is 0 Å². The van der Waals surface area contributed by atoms with Crippen molar-refractivity contribution in [2.24, 2.45) is 5.73 Å². The van der Waals surface area contributed by atoms with E-state index in [0.29, 0.717) is 12.6 Å². The molecule has 1 aliphatic rings. The molecule has 0 bridgehead atoms. The quantitative estimate of drug-likeness (QED) is 0.906. The third-order valence-electron chi connectivity index (χ3n) is 3.44. The first-order valence-corrected chi connectivity index (χ1v) is 7.64. The first kappa shape index (κ1) is 13.7. The number of nitrogens with zero attached hydrogens (tertiary/aromatic N) is 1. The summed E-state index contributed by atoms with van der Waals surface area (Å²) in [5, 5.41) is 0. The fourth-order valence-corrected chi connectivity index (χ4v) is 3.62. The van der Waals surface area contributed by atoms with E-state index < -0.39 is 0 Å². The molecule has 3 nitrogen and oxygen atoms in total. The molecular weight excluding hydrogens is 244 g/mol. The first-order chi connectivity index (χ1) is 8.74. The Kier molecular flexibility index (Phi) is 4.92. The van der Waals surface area contributed by atoms with Crippen molar-refractivity contribution in [1.29, 1.82) is 0 Å². The van der Waals surface area contributed by atoms with E-state index in [-0.39, 0.29) is 6.04 Å². The van der Waals surface area contributed by atoms with Gasteiger partial charge >= 0.3 is 0 Å². The molecule has 0 amide bonds. The number of benzene rings is 1. The molecule has 2 N–H and O–H groups in total. The van der Waals surface area contributed by atoms with Gasteiger partial charge in [0, 0.05) is 35.7 Å². The summed E-state index contributed by atoms with van der Waals surface area (Å²) in [5.74, 6) is 3.22. The van der Waals surface area contributed by atoms with Crippen molar-refractivity contribution in [2.75, 3.05) is 31.7 Å². The highest BCUT2D eigenvalue weighted by atomic mass is 32.2. The fraction of sp³-hybridized carbons (Fsp3) is 0.571. The van der Waals surface area contributed by atoms with Crippen LogP contribution in [0.5, 0.6) is 5.75 Å². The van der Waals surface area contributed by atoms with Crippen LogP contribution in [-0.2, 0) is 0 Å². The van der Waals surface area contributed by atoms with Crippen molar-refractivity contribution >= 4 is 11.8 Å². The van der Waals surface area contributed by atoms with Crippen LogP contribution in [0.3, 0.4) is 0 Å². The van der Waals surface area contributed by atoms with E-state index in [1.165, 1.54) is 5.75 Å². The lowest BCUT2D eigenvalue weighted by Gasteiger charge is -2.36. The molecule has 1 heterocycles. The second kappa shape index (κ2) is 6.45. The number of hydrogen-bond donors (Lipinski definition) is 1. The summed E-state index contributed by atoms with van der Waals surface area (Å²) in [6, 6.07) is 8.54. The molecule has 1 aromatic carbocycles. The second-order valence-corrected chi connectivity index (χ2v) is 5.77. The van der Waals surface area contributed by atoms with Gasteiger partial charge in [0.15, 0.2) is 0 Å². The van der Waals surface area contributed by atoms with Gasteiger partial charge in [0.05, 0.1) is 6.61 Å². The van der Waals surface area contributed by atoms with Crippen molar-refractivity contribution in [3.8, 4) is 5.75 Å². The van der Waals surface area contributed by atoms with Gasteiger partial charge in [-0.25, -0.2) is 0 Å². The van der Waals surface area contributed by atoms with Gasteiger partial charge in [-0.3, -0.25) is 4.90 Å². The van der Waals surface area contributed by atoms with E-state index in [4.69, 9.17) is 10.5 Å². The highest BCUT2D eigenvalue weighted by Gasteiger charge is 2.28.